The molecular formula is C19H22F2N4O. The number of nitrogens with zero attached hydrogens (tertiary/aromatic N) is 4. The Morgan fingerprint density at radius 2 is 2.12 bits per heavy atom. The second-order valence-electron chi connectivity index (χ2n) is 6.52. The number of anilines is 2. The summed E-state index contributed by atoms with van der Waals surface area (Å²) in [7, 11) is 1.95. The minimum atomic E-state index is -0.678. The van der Waals surface area contributed by atoms with E-state index in [1.807, 2.05) is 29.8 Å². The minimum absolute atomic E-state index is 0.175. The van der Waals surface area contributed by atoms with Gasteiger partial charge in [-0.15, -0.1) is 0 Å². The summed E-state index contributed by atoms with van der Waals surface area (Å²) in [5, 5.41) is 0. The Morgan fingerprint density at radius 3 is 2.88 bits per heavy atom. The maximum Gasteiger partial charge on any atom is 0.170 e. The Kier molecular flexibility index (Phi) is 5.44. The van der Waals surface area contributed by atoms with Gasteiger partial charge >= 0.3 is 0 Å². The number of benzene rings is 1. The lowest BCUT2D eigenvalue weighted by Crippen LogP contribution is -2.39. The van der Waals surface area contributed by atoms with Gasteiger partial charge in [0.15, 0.2) is 5.78 Å². The predicted molar refractivity (Wildman–Crippen MR) is 96.6 cm³/mol. The molecule has 1 saturated heterocycles. The molecule has 1 aliphatic heterocycles. The summed E-state index contributed by atoms with van der Waals surface area (Å²) in [6.07, 6.45) is 2.95. The fourth-order valence-corrected chi connectivity index (χ4v) is 3.19. The standard InChI is InChI=1S/C19H22F2N4O/c1-3-24(2)17-10-18(23-12-22-17)25-8-4-5-13(11-25)19(26)15-9-14(20)6-7-16(15)21/h6-7,9-10,12-13H,3-5,8,11H2,1-2H3/t13-/m1/s1. The molecule has 3 rings (SSSR count). The van der Waals surface area contributed by atoms with E-state index in [1.54, 1.807) is 0 Å². The molecule has 1 atom stereocenters. The zero-order valence-corrected chi connectivity index (χ0v) is 15.0. The van der Waals surface area contributed by atoms with Crippen LogP contribution in [0.3, 0.4) is 0 Å². The Hall–Kier alpha value is -2.57. The number of halogens is 2. The minimum Gasteiger partial charge on any atom is -0.360 e. The van der Waals surface area contributed by atoms with E-state index >= 15 is 0 Å². The average molecular weight is 360 g/mol. The van der Waals surface area contributed by atoms with Crippen LogP contribution in [0, 0.1) is 17.6 Å². The molecule has 1 aromatic heterocycles. The molecule has 0 spiro atoms. The number of aromatic nitrogens is 2. The van der Waals surface area contributed by atoms with E-state index in [2.05, 4.69) is 9.97 Å². The molecule has 0 radical (unpaired) electrons. The van der Waals surface area contributed by atoms with E-state index in [-0.39, 0.29) is 17.3 Å². The maximum absolute atomic E-state index is 13.9. The number of piperidine rings is 1. The van der Waals surface area contributed by atoms with Gasteiger partial charge in [-0.25, -0.2) is 18.7 Å². The van der Waals surface area contributed by atoms with Gasteiger partial charge in [0.25, 0.3) is 0 Å². The van der Waals surface area contributed by atoms with Crippen molar-refractivity contribution in [3.05, 3.63) is 47.8 Å². The molecule has 0 bridgehead atoms. The summed E-state index contributed by atoms with van der Waals surface area (Å²) < 4.78 is 27.4. The first-order valence-corrected chi connectivity index (χ1v) is 8.77. The first kappa shape index (κ1) is 18.2. The molecule has 0 saturated carbocycles. The Morgan fingerprint density at radius 1 is 1.31 bits per heavy atom. The van der Waals surface area contributed by atoms with Gasteiger partial charge in [0.05, 0.1) is 5.56 Å². The van der Waals surface area contributed by atoms with E-state index in [9.17, 15) is 13.6 Å². The maximum atomic E-state index is 13.9. The van der Waals surface area contributed by atoms with Crippen LogP contribution in [0.25, 0.3) is 0 Å². The van der Waals surface area contributed by atoms with Crippen LogP contribution in [0.1, 0.15) is 30.1 Å². The zero-order valence-electron chi connectivity index (χ0n) is 15.0. The predicted octanol–water partition coefficient (Wildman–Crippen LogP) is 3.31. The third-order valence-electron chi connectivity index (χ3n) is 4.81. The van der Waals surface area contributed by atoms with E-state index in [0.29, 0.717) is 13.0 Å². The lowest BCUT2D eigenvalue weighted by molar-refractivity contribution is 0.0902. The van der Waals surface area contributed by atoms with Gasteiger partial charge < -0.3 is 9.80 Å². The molecule has 2 heterocycles. The van der Waals surface area contributed by atoms with Gasteiger partial charge in [-0.05, 0) is 38.0 Å². The highest BCUT2D eigenvalue weighted by molar-refractivity contribution is 5.98. The lowest BCUT2D eigenvalue weighted by Gasteiger charge is -2.33. The lowest BCUT2D eigenvalue weighted by atomic mass is 9.89. The molecule has 0 N–H and O–H groups in total. The highest BCUT2D eigenvalue weighted by Crippen LogP contribution is 2.26. The zero-order chi connectivity index (χ0) is 18.7. The molecule has 7 heteroatoms. The first-order chi connectivity index (χ1) is 12.5. The van der Waals surface area contributed by atoms with Crippen LogP contribution in [0.5, 0.6) is 0 Å². The third-order valence-corrected chi connectivity index (χ3v) is 4.81. The van der Waals surface area contributed by atoms with Crippen molar-refractivity contribution in [2.24, 2.45) is 5.92 Å². The van der Waals surface area contributed by atoms with Crippen LogP contribution >= 0.6 is 0 Å². The van der Waals surface area contributed by atoms with Crippen molar-refractivity contribution >= 4 is 17.4 Å². The number of hydrogen-bond donors (Lipinski definition) is 0. The smallest absolute Gasteiger partial charge is 0.170 e. The summed E-state index contributed by atoms with van der Waals surface area (Å²) in [6.45, 7) is 4.05. The van der Waals surface area contributed by atoms with Crippen molar-refractivity contribution < 1.29 is 13.6 Å². The summed E-state index contributed by atoms with van der Waals surface area (Å²) >= 11 is 0. The van der Waals surface area contributed by atoms with Crippen molar-refractivity contribution in [1.82, 2.24) is 9.97 Å². The van der Waals surface area contributed by atoms with Crippen LogP contribution in [0.4, 0.5) is 20.4 Å². The van der Waals surface area contributed by atoms with Gasteiger partial charge in [0.1, 0.15) is 29.6 Å². The molecule has 0 aliphatic carbocycles. The Bertz CT molecular complexity index is 799. The van der Waals surface area contributed by atoms with Gasteiger partial charge in [-0.1, -0.05) is 0 Å². The van der Waals surface area contributed by atoms with Crippen LogP contribution < -0.4 is 9.80 Å². The normalized spacial score (nSPS) is 17.2. The van der Waals surface area contributed by atoms with Crippen molar-refractivity contribution in [3.63, 3.8) is 0 Å². The number of hydrogen-bond acceptors (Lipinski definition) is 5. The molecule has 138 valence electrons. The average Bonchev–Trinajstić information content (AvgIpc) is 2.69. The first-order valence-electron chi connectivity index (χ1n) is 8.77. The van der Waals surface area contributed by atoms with Gasteiger partial charge in [-0.3, -0.25) is 4.79 Å². The molecule has 1 fully saturated rings. The molecule has 2 aromatic rings. The summed E-state index contributed by atoms with van der Waals surface area (Å²) in [5.41, 5.74) is -0.175. The second-order valence-corrected chi connectivity index (χ2v) is 6.52. The molecular weight excluding hydrogens is 338 g/mol. The fraction of sp³-hybridized carbons (Fsp3) is 0.421. The van der Waals surface area contributed by atoms with Gasteiger partial charge in [-0.2, -0.15) is 0 Å². The van der Waals surface area contributed by atoms with Crippen molar-refractivity contribution in [2.75, 3.05) is 36.5 Å². The topological polar surface area (TPSA) is 49.3 Å². The highest BCUT2D eigenvalue weighted by atomic mass is 19.1. The van der Waals surface area contributed by atoms with Crippen molar-refractivity contribution in [1.29, 1.82) is 0 Å². The molecule has 0 unspecified atom stereocenters. The molecule has 1 aliphatic rings. The summed E-state index contributed by atoms with van der Waals surface area (Å²) in [6, 6.07) is 4.89. The Balaban J connectivity index is 1.79. The number of Topliss-reactive ketones (excluding diaryl/α,β-unsaturated/α-hetero) is 1. The molecule has 0 amide bonds. The van der Waals surface area contributed by atoms with E-state index in [4.69, 9.17) is 0 Å². The number of carbonyl (C=O) groups excluding carboxylic acids is 1. The van der Waals surface area contributed by atoms with Crippen molar-refractivity contribution in [3.8, 4) is 0 Å². The quantitative estimate of drug-likeness (QED) is 0.766. The van der Waals surface area contributed by atoms with E-state index in [0.717, 1.165) is 49.3 Å². The fourth-order valence-electron chi connectivity index (χ4n) is 3.19. The largest absolute Gasteiger partial charge is 0.360 e. The number of ketones is 1. The monoisotopic (exact) mass is 360 g/mol. The van der Waals surface area contributed by atoms with E-state index in [1.165, 1.54) is 6.33 Å². The molecule has 5 nitrogen and oxygen atoms in total. The van der Waals surface area contributed by atoms with E-state index < -0.39 is 11.6 Å². The SMILES string of the molecule is CCN(C)c1cc(N2CCC[C@@H](C(=O)c3cc(F)ccc3F)C2)ncn1. The number of rotatable bonds is 5. The number of carbonyl (C=O) groups is 1. The summed E-state index contributed by atoms with van der Waals surface area (Å²) in [4.78, 5) is 25.3. The summed E-state index contributed by atoms with van der Waals surface area (Å²) in [5.74, 6) is -0.475. The Labute approximate surface area is 151 Å². The van der Waals surface area contributed by atoms with Crippen LogP contribution in [0.15, 0.2) is 30.6 Å². The third kappa shape index (κ3) is 3.81. The van der Waals surface area contributed by atoms with Crippen molar-refractivity contribution in [2.45, 2.75) is 19.8 Å². The molecule has 1 aromatic carbocycles. The molecule has 26 heavy (non-hydrogen) atoms. The highest BCUT2D eigenvalue weighted by Gasteiger charge is 2.29. The van der Waals surface area contributed by atoms with Gasteiger partial charge in [0.2, 0.25) is 0 Å². The van der Waals surface area contributed by atoms with Gasteiger partial charge in [0, 0.05) is 38.7 Å². The van der Waals surface area contributed by atoms with Crippen LogP contribution in [-0.4, -0.2) is 42.4 Å². The van der Waals surface area contributed by atoms with Crippen LogP contribution in [-0.2, 0) is 0 Å². The van der Waals surface area contributed by atoms with Crippen LogP contribution in [0.2, 0.25) is 0 Å². The second kappa shape index (κ2) is 7.76.